The molecule has 0 aliphatic heterocycles. The van der Waals surface area contributed by atoms with Gasteiger partial charge in [0, 0.05) is 37.7 Å². The fraction of sp³-hybridized carbons (Fsp3) is 0.591. The summed E-state index contributed by atoms with van der Waals surface area (Å²) >= 11 is 0. The van der Waals surface area contributed by atoms with E-state index in [9.17, 15) is 0 Å². The Morgan fingerprint density at radius 2 is 2.00 bits per heavy atom. The summed E-state index contributed by atoms with van der Waals surface area (Å²) < 4.78 is 0. The molecule has 0 spiro atoms. The predicted octanol–water partition coefficient (Wildman–Crippen LogP) is 6.26. The second-order valence-corrected chi connectivity index (χ2v) is 7.47. The first-order valence-corrected chi connectivity index (χ1v) is 9.36. The first-order valence-electron chi connectivity index (χ1n) is 9.36. The van der Waals surface area contributed by atoms with Gasteiger partial charge in [-0.15, -0.1) is 0 Å². The predicted molar refractivity (Wildman–Crippen MR) is 96.1 cm³/mol. The van der Waals surface area contributed by atoms with Crippen molar-refractivity contribution in [3.63, 3.8) is 0 Å². The third kappa shape index (κ3) is 5.35. The summed E-state index contributed by atoms with van der Waals surface area (Å²) in [7, 11) is 0. The molecule has 0 N–H and O–H groups in total. The molecule has 0 saturated heterocycles. The molecule has 131 valence electrons. The average molecular weight is 460 g/mol. The van der Waals surface area contributed by atoms with Gasteiger partial charge >= 0.3 is 0 Å². The van der Waals surface area contributed by atoms with Crippen molar-refractivity contribution in [2.75, 3.05) is 0 Å². The Morgan fingerprint density at radius 1 is 1.13 bits per heavy atom. The quantitative estimate of drug-likeness (QED) is 0.277. The minimum absolute atomic E-state index is 0. The van der Waals surface area contributed by atoms with E-state index in [1.54, 1.807) is 16.7 Å². The Hall–Kier alpha value is 0.220. The van der Waals surface area contributed by atoms with Crippen molar-refractivity contribution in [1.82, 2.24) is 0 Å². The fourth-order valence-electron chi connectivity index (χ4n) is 4.34. The van der Waals surface area contributed by atoms with Crippen molar-refractivity contribution in [3.8, 4) is 0 Å². The van der Waals surface area contributed by atoms with Gasteiger partial charge in [-0.1, -0.05) is 50.1 Å². The molecule has 1 radical (unpaired) electrons. The van der Waals surface area contributed by atoms with Gasteiger partial charge in [-0.25, -0.2) is 0 Å². The summed E-state index contributed by atoms with van der Waals surface area (Å²) in [5, 5.41) is 0. The van der Waals surface area contributed by atoms with Gasteiger partial charge in [0.2, 0.25) is 0 Å². The van der Waals surface area contributed by atoms with Gasteiger partial charge in [-0.3, -0.25) is 0 Å². The first-order chi connectivity index (χ1) is 10.8. The van der Waals surface area contributed by atoms with Gasteiger partial charge < -0.3 is 6.92 Å². The van der Waals surface area contributed by atoms with Gasteiger partial charge in [0.1, 0.15) is 0 Å². The number of allylic oxidation sites excluding steroid dienone is 2. The maximum Gasteiger partial charge on any atom is 0 e. The summed E-state index contributed by atoms with van der Waals surface area (Å²) in [6.45, 7) is 6.46. The molecule has 0 heterocycles. The number of hydrogen-bond acceptors (Lipinski definition) is 0. The van der Waals surface area contributed by atoms with E-state index in [2.05, 4.69) is 44.2 Å². The normalized spacial score (nSPS) is 27.0. The van der Waals surface area contributed by atoms with E-state index in [1.807, 2.05) is 0 Å². The Kier molecular flexibility index (Phi) is 8.19. The van der Waals surface area contributed by atoms with Crippen LogP contribution in [0.15, 0.2) is 30.4 Å². The molecule has 0 aromatic heterocycles. The fourth-order valence-corrected chi connectivity index (χ4v) is 4.34. The molecule has 1 aromatic carbocycles. The minimum Gasteiger partial charge on any atom is -0.340 e. The molecule has 2 aliphatic carbocycles. The van der Waals surface area contributed by atoms with E-state index in [-0.39, 0.29) is 37.7 Å². The van der Waals surface area contributed by atoms with Crippen LogP contribution < -0.4 is 0 Å². The van der Waals surface area contributed by atoms with E-state index in [1.165, 1.54) is 57.8 Å². The molecule has 3 rings (SSSR count). The van der Waals surface area contributed by atoms with Crippen LogP contribution >= 0.6 is 0 Å². The molecule has 1 aromatic rings. The second kappa shape index (κ2) is 9.64. The molecule has 0 amide bonds. The van der Waals surface area contributed by atoms with Gasteiger partial charge in [0.25, 0.3) is 0 Å². The van der Waals surface area contributed by atoms with Gasteiger partial charge in [0.15, 0.2) is 0 Å². The van der Waals surface area contributed by atoms with Crippen LogP contribution in [0.3, 0.4) is 0 Å². The van der Waals surface area contributed by atoms with Crippen LogP contribution in [-0.2, 0) is 12.8 Å². The van der Waals surface area contributed by atoms with Crippen LogP contribution in [-0.4, -0.2) is 0 Å². The van der Waals surface area contributed by atoms with E-state index >= 15 is 0 Å². The van der Waals surface area contributed by atoms with Crippen LogP contribution in [0.5, 0.6) is 0 Å². The molecule has 2 aliphatic rings. The molecule has 1 heteroatoms. The van der Waals surface area contributed by atoms with E-state index < -0.39 is 0 Å². The van der Waals surface area contributed by atoms with Crippen molar-refractivity contribution < 1.29 is 37.7 Å². The average Bonchev–Trinajstić information content (AvgIpc) is 2.97. The van der Waals surface area contributed by atoms with Crippen LogP contribution in [0, 0.1) is 56.5 Å². The van der Waals surface area contributed by atoms with E-state index in [0.717, 1.165) is 11.8 Å². The zero-order valence-electron chi connectivity index (χ0n) is 14.5. The number of hydrogen-bond donors (Lipinski definition) is 0. The maximum atomic E-state index is 4.25. The smallest absolute Gasteiger partial charge is 0 e. The summed E-state index contributed by atoms with van der Waals surface area (Å²) in [5.74, 6) is 2.36. The first kappa shape index (κ1) is 19.5. The molecule has 1 saturated carbocycles. The van der Waals surface area contributed by atoms with Crippen LogP contribution in [0.2, 0.25) is 0 Å². The van der Waals surface area contributed by atoms with Crippen molar-refractivity contribution in [2.24, 2.45) is 11.8 Å². The number of fused-ring (bicyclic) bond motifs is 1. The topological polar surface area (TPSA) is 0 Å². The Morgan fingerprint density at radius 3 is 2.74 bits per heavy atom. The van der Waals surface area contributed by atoms with Crippen LogP contribution in [0.4, 0.5) is 0 Å². The zero-order valence-corrected chi connectivity index (χ0v) is 16.4. The molecule has 0 bridgehead atoms. The second-order valence-electron chi connectivity index (χ2n) is 7.47. The minimum atomic E-state index is 0. The molecule has 3 atom stereocenters. The van der Waals surface area contributed by atoms with E-state index in [0.29, 0.717) is 5.92 Å². The van der Waals surface area contributed by atoms with E-state index in [4.69, 9.17) is 0 Å². The van der Waals surface area contributed by atoms with Crippen LogP contribution in [0.1, 0.15) is 74.5 Å². The zero-order chi connectivity index (χ0) is 15.4. The third-order valence-corrected chi connectivity index (χ3v) is 5.72. The molecular weight excluding hydrogens is 429 g/mol. The molecule has 1 fully saturated rings. The van der Waals surface area contributed by atoms with Crippen molar-refractivity contribution >= 4 is 0 Å². The van der Waals surface area contributed by atoms with Crippen molar-refractivity contribution in [3.05, 3.63) is 54.0 Å². The van der Waals surface area contributed by atoms with Crippen molar-refractivity contribution in [2.45, 2.75) is 70.6 Å². The Balaban J connectivity index is 0.00000192. The van der Waals surface area contributed by atoms with Crippen LogP contribution in [0.25, 0.3) is 0 Å². The summed E-state index contributed by atoms with van der Waals surface area (Å²) in [5.41, 5.74) is 4.86. The van der Waals surface area contributed by atoms with Gasteiger partial charge in [-0.05, 0) is 73.5 Å². The van der Waals surface area contributed by atoms with Crippen molar-refractivity contribution in [1.29, 1.82) is 0 Å². The number of aryl methyl sites for hydroxylation is 1. The molecular formula is C22H31Ho-. The number of rotatable bonds is 5. The van der Waals surface area contributed by atoms with Gasteiger partial charge in [-0.2, -0.15) is 5.92 Å². The Labute approximate surface area is 173 Å². The standard InChI is InChI=1S/C22H31.Ho/c1-3-4-5-6-7-18-9-11-21-16-22(13-12-20(21)15-18)19-10-8-17(2)14-19;/h4-5,12-13,16-19H,2-3,6-11,14-15H2,1H3;/q-1;/b5-4+;/t17-,18+,19-;/m0./s1. The third-order valence-electron chi connectivity index (χ3n) is 5.72. The summed E-state index contributed by atoms with van der Waals surface area (Å²) in [6, 6.07) is 7.39. The molecule has 23 heavy (non-hydrogen) atoms. The SMILES string of the molecule is [CH2-][C@H]1CC[C@H](c2ccc3c(c2)CC[C@@H](CC/C=C/CC)C3)C1.[Ho]. The van der Waals surface area contributed by atoms with Gasteiger partial charge in [0.05, 0.1) is 0 Å². The maximum absolute atomic E-state index is 4.25. The Bertz CT molecular complexity index is 517. The molecule has 0 unspecified atom stereocenters. The summed E-state index contributed by atoms with van der Waals surface area (Å²) in [6.07, 6.45) is 16.4. The molecule has 0 nitrogen and oxygen atoms in total. The number of benzene rings is 1. The monoisotopic (exact) mass is 460 g/mol. The summed E-state index contributed by atoms with van der Waals surface area (Å²) in [4.78, 5) is 0. The largest absolute Gasteiger partial charge is 0.340 e.